The highest BCUT2D eigenvalue weighted by atomic mass is 35.5. The topological polar surface area (TPSA) is 50.4 Å². The molecule has 106 valence electrons. The highest BCUT2D eigenvalue weighted by Gasteiger charge is 2.27. The molecule has 0 radical (unpaired) electrons. The molecule has 0 aliphatic carbocycles. The van der Waals surface area contributed by atoms with Crippen LogP contribution in [0, 0.1) is 5.82 Å². The Labute approximate surface area is 118 Å². The van der Waals surface area contributed by atoms with Crippen molar-refractivity contribution in [3.63, 3.8) is 0 Å². The predicted octanol–water partition coefficient (Wildman–Crippen LogP) is 1.24. The zero-order chi connectivity index (χ0) is 13.0. The molecular weight excluding hydrogens is 271 g/mol. The molecule has 6 heteroatoms. The Morgan fingerprint density at radius 3 is 2.95 bits per heavy atom. The number of morpholine rings is 1. The van der Waals surface area contributed by atoms with E-state index in [-0.39, 0.29) is 42.8 Å². The number of amides is 1. The average molecular weight is 289 g/mol. The van der Waals surface area contributed by atoms with Crippen molar-refractivity contribution in [1.82, 2.24) is 10.6 Å². The zero-order valence-electron chi connectivity index (χ0n) is 10.7. The van der Waals surface area contributed by atoms with Gasteiger partial charge in [-0.3, -0.25) is 4.79 Å². The van der Waals surface area contributed by atoms with Crippen LogP contribution in [0.4, 0.5) is 4.39 Å². The molecule has 2 atom stereocenters. The smallest absolute Gasteiger partial charge is 0.240 e. The number of rotatable bonds is 3. The molecule has 2 N–H and O–H groups in total. The Kier molecular flexibility index (Phi) is 6.21. The molecule has 4 nitrogen and oxygen atoms in total. The molecular formula is C13H18ClFN2O2. The van der Waals surface area contributed by atoms with Gasteiger partial charge >= 0.3 is 0 Å². The van der Waals surface area contributed by atoms with Crippen molar-refractivity contribution in [2.24, 2.45) is 0 Å². The van der Waals surface area contributed by atoms with E-state index in [4.69, 9.17) is 4.74 Å². The van der Waals surface area contributed by atoms with Crippen LogP contribution in [-0.2, 0) is 16.1 Å². The fraction of sp³-hybridized carbons (Fsp3) is 0.462. The number of ether oxygens (including phenoxy) is 1. The first-order chi connectivity index (χ1) is 8.68. The van der Waals surface area contributed by atoms with Crippen LogP contribution in [0.2, 0.25) is 0 Å². The minimum atomic E-state index is -0.370. The van der Waals surface area contributed by atoms with Gasteiger partial charge in [-0.25, -0.2) is 4.39 Å². The van der Waals surface area contributed by atoms with Crippen molar-refractivity contribution in [3.8, 4) is 0 Å². The second-order valence-electron chi connectivity index (χ2n) is 4.32. The molecule has 19 heavy (non-hydrogen) atoms. The van der Waals surface area contributed by atoms with E-state index in [1.54, 1.807) is 18.2 Å². The van der Waals surface area contributed by atoms with Crippen molar-refractivity contribution in [1.29, 1.82) is 0 Å². The van der Waals surface area contributed by atoms with Gasteiger partial charge in [-0.2, -0.15) is 0 Å². The van der Waals surface area contributed by atoms with Gasteiger partial charge < -0.3 is 15.4 Å². The van der Waals surface area contributed by atoms with E-state index in [1.165, 1.54) is 6.07 Å². The third-order valence-electron chi connectivity index (χ3n) is 3.01. The summed E-state index contributed by atoms with van der Waals surface area (Å²) in [6.45, 7) is 3.30. The van der Waals surface area contributed by atoms with Gasteiger partial charge in [0.1, 0.15) is 11.9 Å². The van der Waals surface area contributed by atoms with Crippen LogP contribution in [-0.4, -0.2) is 31.2 Å². The van der Waals surface area contributed by atoms with E-state index in [0.717, 1.165) is 0 Å². The van der Waals surface area contributed by atoms with Crippen LogP contribution in [0.5, 0.6) is 0 Å². The summed E-state index contributed by atoms with van der Waals surface area (Å²) in [6.07, 6.45) is -0.167. The fourth-order valence-electron chi connectivity index (χ4n) is 1.96. The lowest BCUT2D eigenvalue weighted by Crippen LogP contribution is -2.55. The van der Waals surface area contributed by atoms with Gasteiger partial charge in [-0.15, -0.1) is 12.4 Å². The lowest BCUT2D eigenvalue weighted by atomic mass is 10.1. The number of carbonyl (C=O) groups excluding carboxylic acids is 1. The number of halogens is 2. The first-order valence-electron chi connectivity index (χ1n) is 6.04. The summed E-state index contributed by atoms with van der Waals surface area (Å²) < 4.78 is 18.8. The van der Waals surface area contributed by atoms with E-state index < -0.39 is 0 Å². The summed E-state index contributed by atoms with van der Waals surface area (Å²) in [7, 11) is 0. The molecule has 1 saturated heterocycles. The van der Waals surface area contributed by atoms with Gasteiger partial charge in [-0.05, 0) is 13.0 Å². The second-order valence-corrected chi connectivity index (χ2v) is 4.32. The van der Waals surface area contributed by atoms with Crippen LogP contribution >= 0.6 is 12.4 Å². The number of benzene rings is 1. The van der Waals surface area contributed by atoms with Crippen molar-refractivity contribution in [2.45, 2.75) is 25.6 Å². The largest absolute Gasteiger partial charge is 0.375 e. The van der Waals surface area contributed by atoms with Crippen molar-refractivity contribution in [2.75, 3.05) is 13.2 Å². The van der Waals surface area contributed by atoms with Crippen LogP contribution in [0.3, 0.4) is 0 Å². The van der Waals surface area contributed by atoms with E-state index in [9.17, 15) is 9.18 Å². The van der Waals surface area contributed by atoms with Crippen LogP contribution in [0.15, 0.2) is 24.3 Å². The Bertz CT molecular complexity index is 431. The van der Waals surface area contributed by atoms with Crippen molar-refractivity contribution < 1.29 is 13.9 Å². The number of nitrogens with one attached hydrogen (secondary N) is 2. The molecule has 0 unspecified atom stereocenters. The maximum absolute atomic E-state index is 13.4. The molecule has 0 spiro atoms. The molecule has 2 rings (SSSR count). The SMILES string of the molecule is C[C@H]1OCCN[C@@H]1C(=O)NCc1ccccc1F.Cl. The van der Waals surface area contributed by atoms with E-state index in [0.29, 0.717) is 18.7 Å². The van der Waals surface area contributed by atoms with Gasteiger partial charge in [-0.1, -0.05) is 18.2 Å². The van der Waals surface area contributed by atoms with Gasteiger partial charge in [0.15, 0.2) is 0 Å². The summed E-state index contributed by atoms with van der Waals surface area (Å²) in [4.78, 5) is 11.9. The summed E-state index contributed by atoms with van der Waals surface area (Å²) in [6, 6.07) is 6.04. The Morgan fingerprint density at radius 2 is 2.26 bits per heavy atom. The normalized spacial score (nSPS) is 22.4. The molecule has 1 aliphatic heterocycles. The standard InChI is InChI=1S/C13H17FN2O2.ClH/c1-9-12(15-6-7-18-9)13(17)16-8-10-4-2-3-5-11(10)14;/h2-5,9,12,15H,6-8H2,1H3,(H,16,17);1H/t9-,12+;/m1./s1. The van der Waals surface area contributed by atoms with Gasteiger partial charge in [0.25, 0.3) is 0 Å². The zero-order valence-corrected chi connectivity index (χ0v) is 11.5. The van der Waals surface area contributed by atoms with Gasteiger partial charge in [0.05, 0.1) is 12.7 Å². The highest BCUT2D eigenvalue weighted by Crippen LogP contribution is 2.07. The van der Waals surface area contributed by atoms with Gasteiger partial charge in [0, 0.05) is 18.7 Å². The molecule has 0 saturated carbocycles. The number of hydrogen-bond acceptors (Lipinski definition) is 3. The predicted molar refractivity (Wildman–Crippen MR) is 72.7 cm³/mol. The highest BCUT2D eigenvalue weighted by molar-refractivity contribution is 5.85. The Hall–Kier alpha value is -1.17. The maximum atomic E-state index is 13.4. The van der Waals surface area contributed by atoms with E-state index in [1.807, 2.05) is 6.92 Å². The summed E-state index contributed by atoms with van der Waals surface area (Å²) in [5.41, 5.74) is 0.482. The van der Waals surface area contributed by atoms with Crippen LogP contribution < -0.4 is 10.6 Å². The van der Waals surface area contributed by atoms with Crippen LogP contribution in [0.1, 0.15) is 12.5 Å². The molecule has 0 bridgehead atoms. The molecule has 1 aliphatic rings. The molecule has 1 aromatic carbocycles. The molecule has 1 aromatic rings. The molecule has 1 heterocycles. The third kappa shape index (κ3) is 4.16. The van der Waals surface area contributed by atoms with Crippen LogP contribution in [0.25, 0.3) is 0 Å². The van der Waals surface area contributed by atoms with Crippen molar-refractivity contribution >= 4 is 18.3 Å². The number of carbonyl (C=O) groups is 1. The summed E-state index contributed by atoms with van der Waals surface area (Å²) in [5.74, 6) is -0.468. The molecule has 1 fully saturated rings. The monoisotopic (exact) mass is 288 g/mol. The maximum Gasteiger partial charge on any atom is 0.240 e. The number of hydrogen-bond donors (Lipinski definition) is 2. The molecule has 1 amide bonds. The van der Waals surface area contributed by atoms with Gasteiger partial charge in [0.2, 0.25) is 5.91 Å². The van der Waals surface area contributed by atoms with E-state index >= 15 is 0 Å². The minimum Gasteiger partial charge on any atom is -0.375 e. The Balaban J connectivity index is 0.00000180. The third-order valence-corrected chi connectivity index (χ3v) is 3.01. The Morgan fingerprint density at radius 1 is 1.53 bits per heavy atom. The average Bonchev–Trinajstić information content (AvgIpc) is 2.38. The first kappa shape index (κ1) is 15.9. The van der Waals surface area contributed by atoms with Crippen molar-refractivity contribution in [3.05, 3.63) is 35.6 Å². The lowest BCUT2D eigenvalue weighted by Gasteiger charge is -2.29. The minimum absolute atomic E-state index is 0. The lowest BCUT2D eigenvalue weighted by molar-refractivity contribution is -0.129. The summed E-state index contributed by atoms with van der Waals surface area (Å²) in [5, 5.41) is 5.81. The first-order valence-corrected chi connectivity index (χ1v) is 6.04. The van der Waals surface area contributed by atoms with E-state index in [2.05, 4.69) is 10.6 Å². The second kappa shape index (κ2) is 7.43. The fourth-order valence-corrected chi connectivity index (χ4v) is 1.96. The summed E-state index contributed by atoms with van der Waals surface area (Å²) >= 11 is 0. The molecule has 0 aromatic heterocycles. The quantitative estimate of drug-likeness (QED) is 0.880.